The molecule has 1 fully saturated rings. The quantitative estimate of drug-likeness (QED) is 0.859. The van der Waals surface area contributed by atoms with Crippen molar-refractivity contribution >= 4 is 17.1 Å². The predicted octanol–water partition coefficient (Wildman–Crippen LogP) is 3.45. The van der Waals surface area contributed by atoms with E-state index in [1.54, 1.807) is 0 Å². The Morgan fingerprint density at radius 3 is 2.29 bits per heavy atom. The van der Waals surface area contributed by atoms with E-state index in [1.807, 2.05) is 32.9 Å². The fourth-order valence-corrected chi connectivity index (χ4v) is 3.93. The Bertz CT molecular complexity index is 659. The van der Waals surface area contributed by atoms with Gasteiger partial charge in [0.25, 0.3) is 0 Å². The second-order valence-electron chi connectivity index (χ2n) is 6.39. The number of fused-ring (bicyclic) bond motifs is 1. The summed E-state index contributed by atoms with van der Waals surface area (Å²) in [6, 6.07) is 4.06. The Morgan fingerprint density at radius 1 is 1.05 bits per heavy atom. The number of aliphatic hydroxyl groups excluding tert-OH is 1. The molecule has 0 spiro atoms. The summed E-state index contributed by atoms with van der Waals surface area (Å²) in [5.74, 6) is -0.214. The molecule has 0 bridgehead atoms. The summed E-state index contributed by atoms with van der Waals surface area (Å²) in [6.45, 7) is 5.96. The lowest BCUT2D eigenvalue weighted by atomic mass is 9.79. The van der Waals surface area contributed by atoms with Crippen molar-refractivity contribution < 1.29 is 14.7 Å². The van der Waals surface area contributed by atoms with Gasteiger partial charge in [-0.15, -0.1) is 0 Å². The van der Waals surface area contributed by atoms with E-state index in [1.165, 1.54) is 0 Å². The summed E-state index contributed by atoms with van der Waals surface area (Å²) in [5, 5.41) is 10.6. The third kappa shape index (κ3) is 2.11. The zero-order valence-corrected chi connectivity index (χ0v) is 12.7. The maximum absolute atomic E-state index is 12.7. The van der Waals surface area contributed by atoms with Crippen LogP contribution in [-0.4, -0.2) is 16.7 Å². The molecule has 0 radical (unpaired) electrons. The average Bonchev–Trinajstić information content (AvgIpc) is 2.62. The minimum atomic E-state index is -0.297. The maximum Gasteiger partial charge on any atom is 0.170 e. The zero-order chi connectivity index (χ0) is 15.3. The highest BCUT2D eigenvalue weighted by molar-refractivity contribution is 6.25. The summed E-state index contributed by atoms with van der Waals surface area (Å²) in [4.78, 5) is 24.4. The third-order valence-electron chi connectivity index (χ3n) is 4.79. The van der Waals surface area contributed by atoms with Crippen LogP contribution in [-0.2, 0) is 9.59 Å². The topological polar surface area (TPSA) is 54.4 Å². The van der Waals surface area contributed by atoms with Gasteiger partial charge in [0.2, 0.25) is 0 Å². The van der Waals surface area contributed by atoms with Gasteiger partial charge in [0.15, 0.2) is 5.78 Å². The van der Waals surface area contributed by atoms with E-state index < -0.39 is 0 Å². The monoisotopic (exact) mass is 284 g/mol. The van der Waals surface area contributed by atoms with E-state index in [4.69, 9.17) is 0 Å². The minimum absolute atomic E-state index is 0.0139. The van der Waals surface area contributed by atoms with Gasteiger partial charge >= 0.3 is 0 Å². The molecule has 1 aromatic carbocycles. The molecule has 2 atom stereocenters. The number of carbonyl (C=O) groups excluding carboxylic acids is 2. The van der Waals surface area contributed by atoms with Crippen LogP contribution in [0.2, 0.25) is 0 Å². The lowest BCUT2D eigenvalue weighted by molar-refractivity contribution is -0.125. The molecule has 1 aromatic rings. The first-order valence-electron chi connectivity index (χ1n) is 7.47. The normalized spacial score (nSPS) is 25.5. The molecule has 2 unspecified atom stereocenters. The molecule has 0 saturated heterocycles. The molecule has 0 amide bonds. The number of hydrogen-bond donors (Lipinski definition) is 1. The minimum Gasteiger partial charge on any atom is -0.511 e. The van der Waals surface area contributed by atoms with Crippen LogP contribution in [0.15, 0.2) is 17.9 Å². The van der Waals surface area contributed by atoms with Gasteiger partial charge in [-0.1, -0.05) is 17.7 Å². The van der Waals surface area contributed by atoms with Gasteiger partial charge in [-0.2, -0.15) is 0 Å². The summed E-state index contributed by atoms with van der Waals surface area (Å²) < 4.78 is 0. The number of aryl methyl sites for hydroxylation is 3. The average molecular weight is 284 g/mol. The van der Waals surface area contributed by atoms with E-state index in [0.29, 0.717) is 24.8 Å². The molecule has 0 aliphatic heterocycles. The Morgan fingerprint density at radius 2 is 1.67 bits per heavy atom. The van der Waals surface area contributed by atoms with Crippen LogP contribution < -0.4 is 0 Å². The molecular weight excluding hydrogens is 264 g/mol. The van der Waals surface area contributed by atoms with Crippen molar-refractivity contribution in [1.29, 1.82) is 0 Å². The Kier molecular flexibility index (Phi) is 3.23. The second-order valence-corrected chi connectivity index (χ2v) is 6.39. The van der Waals surface area contributed by atoms with Crippen molar-refractivity contribution in [2.75, 3.05) is 0 Å². The highest BCUT2D eigenvalue weighted by Crippen LogP contribution is 2.46. The van der Waals surface area contributed by atoms with Crippen molar-refractivity contribution in [2.45, 2.75) is 40.0 Å². The van der Waals surface area contributed by atoms with Crippen molar-refractivity contribution in [1.82, 2.24) is 0 Å². The maximum atomic E-state index is 12.7. The Hall–Kier alpha value is -1.90. The van der Waals surface area contributed by atoms with E-state index in [2.05, 4.69) is 0 Å². The first kappa shape index (κ1) is 14.1. The van der Waals surface area contributed by atoms with Gasteiger partial charge in [0, 0.05) is 24.7 Å². The van der Waals surface area contributed by atoms with Crippen LogP contribution in [0.25, 0.3) is 5.57 Å². The van der Waals surface area contributed by atoms with Crippen LogP contribution in [0, 0.1) is 32.6 Å². The molecule has 0 aromatic heterocycles. The summed E-state index contributed by atoms with van der Waals surface area (Å²) in [7, 11) is 0. The van der Waals surface area contributed by atoms with Gasteiger partial charge in [0.1, 0.15) is 11.5 Å². The highest BCUT2D eigenvalue weighted by Gasteiger charge is 2.46. The van der Waals surface area contributed by atoms with Crippen molar-refractivity contribution in [3.63, 3.8) is 0 Å². The first-order valence-corrected chi connectivity index (χ1v) is 7.47. The molecule has 2 aliphatic carbocycles. The third-order valence-corrected chi connectivity index (χ3v) is 4.79. The van der Waals surface area contributed by atoms with Crippen LogP contribution in [0.3, 0.4) is 0 Å². The molecule has 3 heteroatoms. The number of Topliss-reactive ketones (excluding diaryl/α,β-unsaturated/α-hetero) is 2. The van der Waals surface area contributed by atoms with Gasteiger partial charge in [-0.25, -0.2) is 0 Å². The van der Waals surface area contributed by atoms with Crippen LogP contribution >= 0.6 is 0 Å². The zero-order valence-electron chi connectivity index (χ0n) is 12.7. The van der Waals surface area contributed by atoms with Gasteiger partial charge in [-0.3, -0.25) is 9.59 Å². The first-order chi connectivity index (χ1) is 9.90. The molecule has 3 nitrogen and oxygen atoms in total. The number of allylic oxidation sites excluding steroid dienone is 2. The second kappa shape index (κ2) is 4.83. The highest BCUT2D eigenvalue weighted by atomic mass is 16.3. The van der Waals surface area contributed by atoms with Crippen LogP contribution in [0.1, 0.15) is 41.5 Å². The molecule has 2 aliphatic rings. The summed E-state index contributed by atoms with van der Waals surface area (Å²) >= 11 is 0. The lowest BCUT2D eigenvalue weighted by Gasteiger charge is -2.22. The fourth-order valence-electron chi connectivity index (χ4n) is 3.93. The van der Waals surface area contributed by atoms with Crippen LogP contribution in [0.5, 0.6) is 0 Å². The SMILES string of the molecule is Cc1cc(C)c(C2=C(O)C3CC(=O)CCC3C2=O)c(C)c1. The molecule has 1 N–H and O–H groups in total. The van der Waals surface area contributed by atoms with E-state index in [-0.39, 0.29) is 29.2 Å². The van der Waals surface area contributed by atoms with Crippen molar-refractivity contribution in [3.05, 3.63) is 40.1 Å². The predicted molar refractivity (Wildman–Crippen MR) is 81.0 cm³/mol. The number of ketones is 2. The molecule has 1 saturated carbocycles. The molecule has 3 rings (SSSR count). The Labute approximate surface area is 124 Å². The molecule has 110 valence electrons. The van der Waals surface area contributed by atoms with Gasteiger partial charge in [0.05, 0.1) is 5.57 Å². The lowest BCUT2D eigenvalue weighted by Crippen LogP contribution is -2.26. The number of rotatable bonds is 1. The van der Waals surface area contributed by atoms with Gasteiger partial charge < -0.3 is 5.11 Å². The van der Waals surface area contributed by atoms with Gasteiger partial charge in [-0.05, 0) is 43.9 Å². The number of aliphatic hydroxyl groups is 1. The standard InChI is InChI=1S/C18H20O3/c1-9-6-10(2)15(11(3)7-9)16-17(20)13-5-4-12(19)8-14(13)18(16)21/h6-7,13-14,21H,4-5,8H2,1-3H3. The number of hydrogen-bond acceptors (Lipinski definition) is 3. The molecular formula is C18H20O3. The van der Waals surface area contributed by atoms with E-state index in [9.17, 15) is 14.7 Å². The van der Waals surface area contributed by atoms with Crippen molar-refractivity contribution in [2.24, 2.45) is 11.8 Å². The van der Waals surface area contributed by atoms with E-state index >= 15 is 0 Å². The van der Waals surface area contributed by atoms with Crippen molar-refractivity contribution in [3.8, 4) is 0 Å². The largest absolute Gasteiger partial charge is 0.511 e. The fraction of sp³-hybridized carbons (Fsp3) is 0.444. The smallest absolute Gasteiger partial charge is 0.170 e. The number of carbonyl (C=O) groups is 2. The summed E-state index contributed by atoms with van der Waals surface area (Å²) in [5.41, 5.74) is 4.46. The molecule has 21 heavy (non-hydrogen) atoms. The number of benzene rings is 1. The van der Waals surface area contributed by atoms with Crippen LogP contribution in [0.4, 0.5) is 0 Å². The molecule has 0 heterocycles. The van der Waals surface area contributed by atoms with E-state index in [0.717, 1.165) is 22.3 Å². The Balaban J connectivity index is 2.14. The summed E-state index contributed by atoms with van der Waals surface area (Å²) in [6.07, 6.45) is 1.33.